The van der Waals surface area contributed by atoms with Crippen LogP contribution in [0.2, 0.25) is 0 Å². The van der Waals surface area contributed by atoms with Crippen molar-refractivity contribution in [3.63, 3.8) is 0 Å². The van der Waals surface area contributed by atoms with Crippen LogP contribution in [0, 0.1) is 5.92 Å². The van der Waals surface area contributed by atoms with E-state index in [1.165, 1.54) is 19.3 Å². The molecule has 1 aliphatic carbocycles. The third-order valence-corrected chi connectivity index (χ3v) is 2.70. The first-order valence-electron chi connectivity index (χ1n) is 4.49. The molecule has 0 amide bonds. The maximum atomic E-state index is 11.4. The fraction of sp³-hybridized carbons (Fsp3) is 0.667. The van der Waals surface area contributed by atoms with E-state index in [0.29, 0.717) is 0 Å². The number of hydrogen-bond donors (Lipinski definition) is 0. The molecule has 12 heavy (non-hydrogen) atoms. The third-order valence-electron chi connectivity index (χ3n) is 2.70. The normalized spacial score (nSPS) is 17.8. The lowest BCUT2D eigenvalue weighted by Gasteiger charge is -2.24. The number of hydrogen-bond acceptors (Lipinski definition) is 1. The van der Waals surface area contributed by atoms with Gasteiger partial charge in [0.15, 0.2) is 0 Å². The smallest absolute Gasteiger partial charge is 0.302 e. The van der Waals surface area contributed by atoms with Crippen LogP contribution < -0.4 is 5.69 Å². The summed E-state index contributed by atoms with van der Waals surface area (Å²) in [6.07, 6.45) is 7.62. The molecule has 1 fully saturated rings. The van der Waals surface area contributed by atoms with Gasteiger partial charge in [-0.25, -0.2) is 4.79 Å². The van der Waals surface area contributed by atoms with Crippen molar-refractivity contribution < 1.29 is 0 Å². The Morgan fingerprint density at radius 3 is 2.67 bits per heavy atom. The van der Waals surface area contributed by atoms with E-state index in [1.54, 1.807) is 11.6 Å². The molecule has 3 heteroatoms. The molecule has 1 aliphatic rings. The van der Waals surface area contributed by atoms with Gasteiger partial charge < -0.3 is 4.57 Å². The lowest BCUT2D eigenvalue weighted by Crippen LogP contribution is -2.27. The first kappa shape index (κ1) is 7.65. The van der Waals surface area contributed by atoms with E-state index in [4.69, 9.17) is 0 Å². The number of aromatic nitrogens is 2. The number of imidazole rings is 1. The summed E-state index contributed by atoms with van der Waals surface area (Å²) in [5.41, 5.74) is 0.113. The highest BCUT2D eigenvalue weighted by molar-refractivity contribution is 4.82. The summed E-state index contributed by atoms with van der Waals surface area (Å²) in [5.74, 6) is 0.755. The Kier molecular flexibility index (Phi) is 1.79. The molecule has 0 bridgehead atoms. The Hall–Kier alpha value is -0.990. The van der Waals surface area contributed by atoms with Gasteiger partial charge in [0.25, 0.3) is 0 Å². The summed E-state index contributed by atoms with van der Waals surface area (Å²) in [6, 6.07) is 0. The van der Waals surface area contributed by atoms with Crippen molar-refractivity contribution in [3.8, 4) is 0 Å². The molecule has 0 spiro atoms. The second-order valence-electron chi connectivity index (χ2n) is 3.64. The fourth-order valence-corrected chi connectivity index (χ4v) is 1.60. The zero-order valence-electron chi connectivity index (χ0n) is 7.36. The summed E-state index contributed by atoms with van der Waals surface area (Å²) in [7, 11) is 1.79. The Morgan fingerprint density at radius 1 is 1.50 bits per heavy atom. The molecule has 0 unspecified atom stereocenters. The fourth-order valence-electron chi connectivity index (χ4n) is 1.60. The van der Waals surface area contributed by atoms with Gasteiger partial charge in [-0.2, -0.15) is 0 Å². The molecular weight excluding hydrogens is 152 g/mol. The van der Waals surface area contributed by atoms with Crippen LogP contribution >= 0.6 is 0 Å². The van der Waals surface area contributed by atoms with Crippen molar-refractivity contribution in [2.24, 2.45) is 13.0 Å². The van der Waals surface area contributed by atoms with Gasteiger partial charge in [0, 0.05) is 26.0 Å². The van der Waals surface area contributed by atoms with Gasteiger partial charge in [0.1, 0.15) is 0 Å². The van der Waals surface area contributed by atoms with Gasteiger partial charge in [0.2, 0.25) is 0 Å². The van der Waals surface area contributed by atoms with E-state index < -0.39 is 0 Å². The van der Waals surface area contributed by atoms with E-state index in [-0.39, 0.29) is 5.69 Å². The van der Waals surface area contributed by atoms with Crippen LogP contribution in [0.25, 0.3) is 0 Å². The van der Waals surface area contributed by atoms with Crippen molar-refractivity contribution in [3.05, 3.63) is 22.9 Å². The van der Waals surface area contributed by atoms with Crippen molar-refractivity contribution in [1.29, 1.82) is 0 Å². The van der Waals surface area contributed by atoms with Gasteiger partial charge in [-0.1, -0.05) is 6.42 Å². The van der Waals surface area contributed by atoms with Gasteiger partial charge in [0.05, 0.1) is 0 Å². The maximum Gasteiger partial charge on any atom is 0.327 e. The van der Waals surface area contributed by atoms with Crippen LogP contribution in [-0.4, -0.2) is 9.13 Å². The second kappa shape index (κ2) is 2.81. The van der Waals surface area contributed by atoms with Gasteiger partial charge >= 0.3 is 5.69 Å². The number of aryl methyl sites for hydroxylation is 1. The average molecular weight is 166 g/mol. The molecule has 1 saturated carbocycles. The Morgan fingerprint density at radius 2 is 2.25 bits per heavy atom. The Labute approximate surface area is 71.6 Å². The SMILES string of the molecule is Cn1ccn(CC2CCC2)c1=O. The molecule has 66 valence electrons. The molecule has 3 nitrogen and oxygen atoms in total. The molecule has 0 aromatic carbocycles. The third kappa shape index (κ3) is 1.19. The average Bonchev–Trinajstić information content (AvgIpc) is 2.27. The minimum absolute atomic E-state index is 0.113. The quantitative estimate of drug-likeness (QED) is 0.643. The van der Waals surface area contributed by atoms with Crippen LogP contribution in [0.4, 0.5) is 0 Å². The molecule has 0 aliphatic heterocycles. The summed E-state index contributed by atoms with van der Waals surface area (Å²) in [6.45, 7) is 0.916. The van der Waals surface area contributed by atoms with Gasteiger partial charge in [-0.15, -0.1) is 0 Å². The molecular formula is C9H14N2O. The highest BCUT2D eigenvalue weighted by Crippen LogP contribution is 2.27. The maximum absolute atomic E-state index is 11.4. The van der Waals surface area contributed by atoms with Crippen molar-refractivity contribution >= 4 is 0 Å². The molecule has 2 rings (SSSR count). The standard InChI is InChI=1S/C9H14N2O/c1-10-5-6-11(9(10)12)7-8-3-2-4-8/h5-6,8H,2-4,7H2,1H3. The lowest BCUT2D eigenvalue weighted by molar-refractivity contribution is 0.273. The lowest BCUT2D eigenvalue weighted by atomic mass is 9.85. The molecule has 1 aromatic heterocycles. The van der Waals surface area contributed by atoms with Crippen molar-refractivity contribution in [2.75, 3.05) is 0 Å². The largest absolute Gasteiger partial charge is 0.327 e. The number of nitrogens with zero attached hydrogens (tertiary/aromatic N) is 2. The zero-order chi connectivity index (χ0) is 8.55. The first-order valence-corrected chi connectivity index (χ1v) is 4.49. The van der Waals surface area contributed by atoms with Crippen LogP contribution in [0.15, 0.2) is 17.2 Å². The predicted molar refractivity (Wildman–Crippen MR) is 47.0 cm³/mol. The van der Waals surface area contributed by atoms with Crippen molar-refractivity contribution in [2.45, 2.75) is 25.8 Å². The van der Waals surface area contributed by atoms with E-state index >= 15 is 0 Å². The van der Waals surface area contributed by atoms with E-state index in [9.17, 15) is 4.79 Å². The van der Waals surface area contributed by atoms with Crippen LogP contribution in [0.1, 0.15) is 19.3 Å². The summed E-state index contributed by atoms with van der Waals surface area (Å²) < 4.78 is 3.43. The summed E-state index contributed by atoms with van der Waals surface area (Å²) in [4.78, 5) is 11.4. The minimum atomic E-state index is 0.113. The Bertz CT molecular complexity index is 320. The molecule has 0 radical (unpaired) electrons. The van der Waals surface area contributed by atoms with E-state index in [1.807, 2.05) is 17.0 Å². The zero-order valence-corrected chi connectivity index (χ0v) is 7.36. The first-order chi connectivity index (χ1) is 5.77. The summed E-state index contributed by atoms with van der Waals surface area (Å²) >= 11 is 0. The minimum Gasteiger partial charge on any atom is -0.302 e. The van der Waals surface area contributed by atoms with Crippen molar-refractivity contribution in [1.82, 2.24) is 9.13 Å². The predicted octanol–water partition coefficient (Wildman–Crippen LogP) is 0.987. The summed E-state index contributed by atoms with van der Waals surface area (Å²) in [5, 5.41) is 0. The monoisotopic (exact) mass is 166 g/mol. The number of rotatable bonds is 2. The highest BCUT2D eigenvalue weighted by Gasteiger charge is 2.18. The van der Waals surface area contributed by atoms with Gasteiger partial charge in [-0.05, 0) is 18.8 Å². The van der Waals surface area contributed by atoms with E-state index in [2.05, 4.69) is 0 Å². The molecule has 0 atom stereocenters. The molecule has 1 aromatic rings. The molecule has 0 saturated heterocycles. The van der Waals surface area contributed by atoms with Crippen LogP contribution in [0.5, 0.6) is 0 Å². The van der Waals surface area contributed by atoms with Crippen LogP contribution in [-0.2, 0) is 13.6 Å². The Balaban J connectivity index is 2.12. The molecule has 1 heterocycles. The highest BCUT2D eigenvalue weighted by atomic mass is 16.1. The second-order valence-corrected chi connectivity index (χ2v) is 3.64. The van der Waals surface area contributed by atoms with Crippen LogP contribution in [0.3, 0.4) is 0 Å². The van der Waals surface area contributed by atoms with E-state index in [0.717, 1.165) is 12.5 Å². The molecule has 0 N–H and O–H groups in total. The topological polar surface area (TPSA) is 26.9 Å². The van der Waals surface area contributed by atoms with Gasteiger partial charge in [-0.3, -0.25) is 4.57 Å².